The van der Waals surface area contributed by atoms with Gasteiger partial charge in [-0.2, -0.15) is 0 Å². The van der Waals surface area contributed by atoms with Crippen LogP contribution < -0.4 is 0 Å². The minimum absolute atomic E-state index is 0.255. The van der Waals surface area contributed by atoms with Gasteiger partial charge in [-0.1, -0.05) is 30.0 Å². The van der Waals surface area contributed by atoms with Crippen LogP contribution in [0.3, 0.4) is 0 Å². The van der Waals surface area contributed by atoms with Gasteiger partial charge in [0.05, 0.1) is 5.75 Å². The second-order valence-corrected chi connectivity index (χ2v) is 3.94. The Morgan fingerprint density at radius 3 is 3.18 bits per heavy atom. The number of rotatable bonds is 4. The first kappa shape index (κ1) is 8.67. The molecule has 1 rings (SSSR count). The molecule has 0 aliphatic heterocycles. The van der Waals surface area contributed by atoms with E-state index in [1.807, 2.05) is 6.92 Å². The lowest BCUT2D eigenvalue weighted by Crippen LogP contribution is -1.97. The molecule has 1 aromatic rings. The zero-order valence-corrected chi connectivity index (χ0v) is 7.74. The summed E-state index contributed by atoms with van der Waals surface area (Å²) in [7, 11) is 0. The van der Waals surface area contributed by atoms with Crippen LogP contribution in [0.2, 0.25) is 0 Å². The maximum Gasteiger partial charge on any atom is 0.174 e. The van der Waals surface area contributed by atoms with Crippen LogP contribution in [-0.4, -0.2) is 21.7 Å². The van der Waals surface area contributed by atoms with Crippen LogP contribution >= 0.6 is 23.1 Å². The van der Waals surface area contributed by atoms with Crippen molar-refractivity contribution < 1.29 is 4.79 Å². The molecule has 0 spiro atoms. The van der Waals surface area contributed by atoms with Crippen molar-refractivity contribution in [1.82, 2.24) is 10.2 Å². The normalized spacial score (nSPS) is 9.91. The molecule has 0 amide bonds. The van der Waals surface area contributed by atoms with E-state index in [2.05, 4.69) is 10.2 Å². The molecule has 60 valence electrons. The van der Waals surface area contributed by atoms with Gasteiger partial charge in [0, 0.05) is 6.42 Å². The number of carbonyl (C=O) groups is 1. The minimum atomic E-state index is 0.255. The Morgan fingerprint density at radius 2 is 2.64 bits per heavy atom. The van der Waals surface area contributed by atoms with Crippen molar-refractivity contribution in [3.8, 4) is 0 Å². The largest absolute Gasteiger partial charge is 0.299 e. The number of hydrogen-bond donors (Lipinski definition) is 0. The average molecular weight is 188 g/mol. The highest BCUT2D eigenvalue weighted by Crippen LogP contribution is 2.18. The van der Waals surface area contributed by atoms with E-state index in [1.54, 1.807) is 5.51 Å². The van der Waals surface area contributed by atoms with E-state index in [0.29, 0.717) is 12.2 Å². The van der Waals surface area contributed by atoms with Gasteiger partial charge in [-0.25, -0.2) is 0 Å². The summed E-state index contributed by atoms with van der Waals surface area (Å²) in [6, 6.07) is 0. The number of thioether (sulfide) groups is 1. The third-order valence-electron chi connectivity index (χ3n) is 1.09. The van der Waals surface area contributed by atoms with Crippen LogP contribution in [0.1, 0.15) is 13.3 Å². The SMILES string of the molecule is CCC(=O)CSc1nncs1. The lowest BCUT2D eigenvalue weighted by atomic mass is 10.4. The van der Waals surface area contributed by atoms with Crippen molar-refractivity contribution in [2.24, 2.45) is 0 Å². The predicted octanol–water partition coefficient (Wildman–Crippen LogP) is 1.61. The molecule has 5 heteroatoms. The Labute approximate surface area is 73.2 Å². The van der Waals surface area contributed by atoms with Crippen LogP contribution in [0.25, 0.3) is 0 Å². The number of carbonyl (C=O) groups excluding carboxylic acids is 1. The van der Waals surface area contributed by atoms with Gasteiger partial charge in [-0.05, 0) is 0 Å². The van der Waals surface area contributed by atoms with Crippen molar-refractivity contribution >= 4 is 28.9 Å². The van der Waals surface area contributed by atoms with Crippen molar-refractivity contribution in [3.05, 3.63) is 5.51 Å². The average Bonchev–Trinajstić information content (AvgIpc) is 2.52. The van der Waals surface area contributed by atoms with Crippen LogP contribution in [0.4, 0.5) is 0 Å². The van der Waals surface area contributed by atoms with Crippen molar-refractivity contribution in [3.63, 3.8) is 0 Å². The molecule has 3 nitrogen and oxygen atoms in total. The maximum absolute atomic E-state index is 10.8. The molecule has 0 N–H and O–H groups in total. The lowest BCUT2D eigenvalue weighted by Gasteiger charge is -1.91. The Hall–Kier alpha value is -0.420. The molecule has 0 aliphatic carbocycles. The van der Waals surface area contributed by atoms with Crippen molar-refractivity contribution in [1.29, 1.82) is 0 Å². The molecular formula is C6H8N2OS2. The molecule has 0 saturated carbocycles. The Bertz CT molecular complexity index is 222. The molecule has 1 aromatic heterocycles. The summed E-state index contributed by atoms with van der Waals surface area (Å²) in [4.78, 5) is 10.8. The van der Waals surface area contributed by atoms with E-state index in [4.69, 9.17) is 0 Å². The standard InChI is InChI=1S/C6H8N2OS2/c1-2-5(9)3-10-6-8-7-4-11-6/h4H,2-3H2,1H3. The maximum atomic E-state index is 10.8. The van der Waals surface area contributed by atoms with E-state index < -0.39 is 0 Å². The Morgan fingerprint density at radius 1 is 1.82 bits per heavy atom. The highest BCUT2D eigenvalue weighted by Gasteiger charge is 2.01. The summed E-state index contributed by atoms with van der Waals surface area (Å²) in [6.07, 6.45) is 0.603. The number of aromatic nitrogens is 2. The summed E-state index contributed by atoms with van der Waals surface area (Å²) in [6.45, 7) is 1.86. The minimum Gasteiger partial charge on any atom is -0.299 e. The molecule has 0 bridgehead atoms. The van der Waals surface area contributed by atoms with Crippen molar-refractivity contribution in [2.75, 3.05) is 5.75 Å². The van der Waals surface area contributed by atoms with Crippen LogP contribution in [0, 0.1) is 0 Å². The van der Waals surface area contributed by atoms with Gasteiger partial charge in [0.2, 0.25) is 0 Å². The number of hydrogen-bond acceptors (Lipinski definition) is 5. The quantitative estimate of drug-likeness (QED) is 0.673. The zero-order chi connectivity index (χ0) is 8.10. The molecule has 1 heterocycles. The highest BCUT2D eigenvalue weighted by atomic mass is 32.2. The first-order valence-electron chi connectivity index (χ1n) is 3.23. The Kier molecular flexibility index (Phi) is 3.51. The first-order chi connectivity index (χ1) is 5.33. The van der Waals surface area contributed by atoms with E-state index in [0.717, 1.165) is 4.34 Å². The summed E-state index contributed by atoms with van der Waals surface area (Å²) in [5.74, 6) is 0.774. The molecule has 0 fully saturated rings. The number of Topliss-reactive ketones (excluding diaryl/α,β-unsaturated/α-hetero) is 1. The summed E-state index contributed by atoms with van der Waals surface area (Å²) < 4.78 is 0.867. The van der Waals surface area contributed by atoms with Gasteiger partial charge >= 0.3 is 0 Å². The smallest absolute Gasteiger partial charge is 0.174 e. The van der Waals surface area contributed by atoms with Crippen LogP contribution in [-0.2, 0) is 4.79 Å². The monoisotopic (exact) mass is 188 g/mol. The third-order valence-corrected chi connectivity index (χ3v) is 3.01. The van der Waals surface area contributed by atoms with Gasteiger partial charge in [0.1, 0.15) is 11.3 Å². The Balaban J connectivity index is 2.29. The second-order valence-electron chi connectivity index (χ2n) is 1.89. The first-order valence-corrected chi connectivity index (χ1v) is 5.10. The molecule has 0 atom stereocenters. The van der Waals surface area contributed by atoms with Gasteiger partial charge in [-0.3, -0.25) is 4.79 Å². The van der Waals surface area contributed by atoms with Gasteiger partial charge < -0.3 is 0 Å². The fourth-order valence-electron chi connectivity index (χ4n) is 0.470. The summed E-state index contributed by atoms with van der Waals surface area (Å²) >= 11 is 2.92. The summed E-state index contributed by atoms with van der Waals surface area (Å²) in [5, 5.41) is 7.46. The summed E-state index contributed by atoms with van der Waals surface area (Å²) in [5.41, 5.74) is 1.67. The van der Waals surface area contributed by atoms with Crippen LogP contribution in [0.15, 0.2) is 9.85 Å². The van der Waals surface area contributed by atoms with E-state index in [9.17, 15) is 4.79 Å². The molecule has 0 radical (unpaired) electrons. The van der Waals surface area contributed by atoms with E-state index in [-0.39, 0.29) is 5.78 Å². The van der Waals surface area contributed by atoms with Gasteiger partial charge in [0.15, 0.2) is 4.34 Å². The molecule has 0 unspecified atom stereocenters. The van der Waals surface area contributed by atoms with Crippen LogP contribution in [0.5, 0.6) is 0 Å². The van der Waals surface area contributed by atoms with Gasteiger partial charge in [-0.15, -0.1) is 10.2 Å². The van der Waals surface area contributed by atoms with Crippen molar-refractivity contribution in [2.45, 2.75) is 17.7 Å². The zero-order valence-electron chi connectivity index (χ0n) is 6.11. The van der Waals surface area contributed by atoms with Gasteiger partial charge in [0.25, 0.3) is 0 Å². The topological polar surface area (TPSA) is 42.9 Å². The van der Waals surface area contributed by atoms with E-state index >= 15 is 0 Å². The molecule has 0 aliphatic rings. The molecular weight excluding hydrogens is 180 g/mol. The number of nitrogens with zero attached hydrogens (tertiary/aromatic N) is 2. The predicted molar refractivity (Wildman–Crippen MR) is 45.9 cm³/mol. The lowest BCUT2D eigenvalue weighted by molar-refractivity contribution is -0.116. The second kappa shape index (κ2) is 4.46. The fourth-order valence-corrected chi connectivity index (χ4v) is 1.92. The number of ketones is 1. The highest BCUT2D eigenvalue weighted by molar-refractivity contribution is 8.01. The molecule has 0 aromatic carbocycles. The van der Waals surface area contributed by atoms with E-state index in [1.165, 1.54) is 23.1 Å². The third kappa shape index (κ3) is 2.98. The molecule has 0 saturated heterocycles. The molecule has 11 heavy (non-hydrogen) atoms. The fraction of sp³-hybridized carbons (Fsp3) is 0.500.